The molecule has 2 amide bonds. The molecule has 2 aromatic rings. The van der Waals surface area contributed by atoms with Gasteiger partial charge in [-0.05, 0) is 55.1 Å². The van der Waals surface area contributed by atoms with Crippen molar-refractivity contribution in [1.82, 2.24) is 13.8 Å². The molecule has 0 atom stereocenters. The molecule has 1 heterocycles. The molecule has 0 radical (unpaired) electrons. The van der Waals surface area contributed by atoms with Gasteiger partial charge < -0.3 is 5.32 Å². The number of carbonyl (C=O) groups excluding carboxylic acids is 1. The first kappa shape index (κ1) is 18.1. The zero-order chi connectivity index (χ0) is 17.9. The highest BCUT2D eigenvalue weighted by Gasteiger charge is 2.16. The number of aromatic nitrogens is 2. The third-order valence-electron chi connectivity index (χ3n) is 3.45. The summed E-state index contributed by atoms with van der Waals surface area (Å²) in [5, 5.41) is 2.58. The largest absolute Gasteiger partial charge is 0.344 e. The van der Waals surface area contributed by atoms with Gasteiger partial charge in [0.2, 0.25) is 4.80 Å². The number of aryl methyl sites for hydroxylation is 1. The molecule has 0 saturated carbocycles. The molecule has 0 unspecified atom stereocenters. The van der Waals surface area contributed by atoms with E-state index in [1.165, 1.54) is 20.7 Å². The van der Waals surface area contributed by atoms with Gasteiger partial charge in [-0.1, -0.05) is 13.8 Å². The first-order chi connectivity index (χ1) is 11.4. The second-order valence-electron chi connectivity index (χ2n) is 5.49. The fraction of sp³-hybridized carbons (Fsp3) is 0.438. The number of hydrogen-bond acceptors (Lipinski definition) is 3. The van der Waals surface area contributed by atoms with Gasteiger partial charge in [0.15, 0.2) is 0 Å². The lowest BCUT2D eigenvalue weighted by Gasteiger charge is -2.12. The molecule has 0 aliphatic rings. The quantitative estimate of drug-likeness (QED) is 0.919. The number of nitrogens with zero attached hydrogens (tertiary/aromatic N) is 3. The summed E-state index contributed by atoms with van der Waals surface area (Å²) in [6.45, 7) is 8.38. The molecule has 0 fully saturated rings. The molecule has 8 heteroatoms. The Morgan fingerprint density at radius 1 is 1.38 bits per heavy atom. The van der Waals surface area contributed by atoms with Crippen molar-refractivity contribution >= 4 is 17.6 Å². The Bertz CT molecular complexity index is 864. The topological polar surface area (TPSA) is 68.4 Å². The number of hydrogen-bond donors (Lipinski definition) is 1. The Kier molecular flexibility index (Phi) is 5.71. The lowest BCUT2D eigenvalue weighted by molar-refractivity contribution is 0.249. The first-order valence-corrected chi connectivity index (χ1v) is 8.61. The molecule has 1 N–H and O–H groups in total. The van der Waals surface area contributed by atoms with E-state index in [9.17, 15) is 14.0 Å². The van der Waals surface area contributed by atoms with Crippen molar-refractivity contribution in [1.29, 1.82) is 0 Å². The normalized spacial score (nSPS) is 12.0. The van der Waals surface area contributed by atoms with E-state index in [-0.39, 0.29) is 22.2 Å². The van der Waals surface area contributed by atoms with Gasteiger partial charge in [-0.2, -0.15) is 4.99 Å². The highest BCUT2D eigenvalue weighted by atomic mass is 32.1. The third kappa shape index (κ3) is 3.64. The molecule has 0 saturated heterocycles. The molecule has 24 heavy (non-hydrogen) atoms. The van der Waals surface area contributed by atoms with Gasteiger partial charge in [-0.15, -0.1) is 0 Å². The SMILES string of the molecule is CCNC(=O)/N=c1\sn(CC)c(=O)n1-c1ccc(F)cc1C(C)C. The predicted octanol–water partition coefficient (Wildman–Crippen LogP) is 2.61. The van der Waals surface area contributed by atoms with Gasteiger partial charge >= 0.3 is 11.7 Å². The predicted molar refractivity (Wildman–Crippen MR) is 92.3 cm³/mol. The average Bonchev–Trinajstić information content (AvgIpc) is 2.83. The van der Waals surface area contributed by atoms with Crippen LogP contribution in [0.2, 0.25) is 0 Å². The molecule has 0 bridgehead atoms. The lowest BCUT2D eigenvalue weighted by Crippen LogP contribution is -2.30. The number of carbonyl (C=O) groups is 1. The van der Waals surface area contributed by atoms with E-state index in [1.54, 1.807) is 13.0 Å². The molecule has 130 valence electrons. The van der Waals surface area contributed by atoms with Crippen molar-refractivity contribution in [2.24, 2.45) is 4.99 Å². The zero-order valence-electron chi connectivity index (χ0n) is 14.2. The van der Waals surface area contributed by atoms with E-state index in [4.69, 9.17) is 0 Å². The molecule has 2 rings (SSSR count). The second kappa shape index (κ2) is 7.57. The summed E-state index contributed by atoms with van der Waals surface area (Å²) in [5.41, 5.74) is 0.937. The first-order valence-electron chi connectivity index (χ1n) is 7.84. The Morgan fingerprint density at radius 2 is 2.08 bits per heavy atom. The monoisotopic (exact) mass is 352 g/mol. The van der Waals surface area contributed by atoms with E-state index < -0.39 is 6.03 Å². The standard InChI is InChI=1S/C16H21FN4O2S/c1-5-18-14(22)19-15-21(16(23)20(6-2)24-15)13-8-7-11(17)9-12(13)10(3)4/h7-10H,5-6H2,1-4H3,(H,18,22)/b19-15-. The number of halogens is 1. The molecule has 0 aliphatic heterocycles. The van der Waals surface area contributed by atoms with Gasteiger partial charge in [-0.25, -0.2) is 22.5 Å². The van der Waals surface area contributed by atoms with Crippen LogP contribution in [0.5, 0.6) is 0 Å². The van der Waals surface area contributed by atoms with Crippen LogP contribution in [0.15, 0.2) is 28.0 Å². The second-order valence-corrected chi connectivity index (χ2v) is 6.48. The van der Waals surface area contributed by atoms with Crippen molar-refractivity contribution in [2.75, 3.05) is 6.54 Å². The Balaban J connectivity index is 2.77. The van der Waals surface area contributed by atoms with Crippen LogP contribution in [0.25, 0.3) is 5.69 Å². The van der Waals surface area contributed by atoms with Crippen LogP contribution in [0.3, 0.4) is 0 Å². The highest BCUT2D eigenvalue weighted by molar-refractivity contribution is 7.03. The maximum atomic E-state index is 13.6. The van der Waals surface area contributed by atoms with Crippen LogP contribution in [0.1, 0.15) is 39.2 Å². The van der Waals surface area contributed by atoms with E-state index in [2.05, 4.69) is 10.3 Å². The number of amides is 2. The minimum absolute atomic E-state index is 0.00916. The lowest BCUT2D eigenvalue weighted by atomic mass is 10.0. The van der Waals surface area contributed by atoms with Crippen LogP contribution in [-0.2, 0) is 6.54 Å². The number of urea groups is 1. The summed E-state index contributed by atoms with van der Waals surface area (Å²) in [7, 11) is 0. The number of benzene rings is 1. The summed E-state index contributed by atoms with van der Waals surface area (Å²) < 4.78 is 16.5. The highest BCUT2D eigenvalue weighted by Crippen LogP contribution is 2.22. The summed E-state index contributed by atoms with van der Waals surface area (Å²) in [4.78, 5) is 28.8. The minimum atomic E-state index is -0.510. The van der Waals surface area contributed by atoms with E-state index in [0.29, 0.717) is 24.3 Å². The van der Waals surface area contributed by atoms with Gasteiger partial charge in [0.1, 0.15) is 5.82 Å². The van der Waals surface area contributed by atoms with Crippen LogP contribution in [0.4, 0.5) is 9.18 Å². The van der Waals surface area contributed by atoms with Gasteiger partial charge in [0, 0.05) is 13.1 Å². The molecular formula is C16H21FN4O2S. The van der Waals surface area contributed by atoms with Crippen molar-refractivity contribution in [3.05, 3.63) is 44.9 Å². The van der Waals surface area contributed by atoms with Crippen molar-refractivity contribution < 1.29 is 9.18 Å². The molecule has 1 aromatic carbocycles. The minimum Gasteiger partial charge on any atom is -0.336 e. The molecule has 0 spiro atoms. The van der Waals surface area contributed by atoms with E-state index >= 15 is 0 Å². The van der Waals surface area contributed by atoms with E-state index in [1.807, 2.05) is 20.8 Å². The fourth-order valence-corrected chi connectivity index (χ4v) is 3.18. The van der Waals surface area contributed by atoms with Crippen LogP contribution in [-0.4, -0.2) is 21.1 Å². The maximum absolute atomic E-state index is 13.6. The van der Waals surface area contributed by atoms with Crippen LogP contribution < -0.4 is 15.8 Å². The van der Waals surface area contributed by atoms with Crippen LogP contribution >= 0.6 is 11.5 Å². The maximum Gasteiger partial charge on any atom is 0.344 e. The number of nitrogens with one attached hydrogen (secondary N) is 1. The van der Waals surface area contributed by atoms with Gasteiger partial charge in [0.25, 0.3) is 0 Å². The summed E-state index contributed by atoms with van der Waals surface area (Å²) in [6, 6.07) is 3.76. The Morgan fingerprint density at radius 3 is 2.67 bits per heavy atom. The Labute approximate surface area is 143 Å². The smallest absolute Gasteiger partial charge is 0.336 e. The van der Waals surface area contributed by atoms with E-state index in [0.717, 1.165) is 11.5 Å². The summed E-state index contributed by atoms with van der Waals surface area (Å²) in [5.74, 6) is -0.355. The fourth-order valence-electron chi connectivity index (χ4n) is 2.32. The molecule has 6 nitrogen and oxygen atoms in total. The van der Waals surface area contributed by atoms with Crippen molar-refractivity contribution in [3.63, 3.8) is 0 Å². The average molecular weight is 352 g/mol. The van der Waals surface area contributed by atoms with Crippen molar-refractivity contribution in [3.8, 4) is 5.69 Å². The van der Waals surface area contributed by atoms with Crippen LogP contribution in [0, 0.1) is 5.82 Å². The number of rotatable bonds is 4. The summed E-state index contributed by atoms with van der Waals surface area (Å²) >= 11 is 1.11. The summed E-state index contributed by atoms with van der Waals surface area (Å²) in [6.07, 6.45) is 0. The molecule has 0 aliphatic carbocycles. The molecular weight excluding hydrogens is 331 g/mol. The zero-order valence-corrected chi connectivity index (χ0v) is 15.0. The Hall–Kier alpha value is -2.22. The van der Waals surface area contributed by atoms with Gasteiger partial charge in [0.05, 0.1) is 5.69 Å². The van der Waals surface area contributed by atoms with Crippen molar-refractivity contribution in [2.45, 2.75) is 40.2 Å². The van der Waals surface area contributed by atoms with Gasteiger partial charge in [-0.3, -0.25) is 0 Å². The third-order valence-corrected chi connectivity index (χ3v) is 4.52. The molecule has 1 aromatic heterocycles.